The van der Waals surface area contributed by atoms with E-state index in [1.54, 1.807) is 41.5 Å². The number of aryl methyl sites for hydroxylation is 2. The van der Waals surface area contributed by atoms with Crippen molar-refractivity contribution in [3.05, 3.63) is 70.2 Å². The van der Waals surface area contributed by atoms with Crippen molar-refractivity contribution in [2.75, 3.05) is 21.7 Å². The van der Waals surface area contributed by atoms with E-state index in [0.29, 0.717) is 13.1 Å². The van der Waals surface area contributed by atoms with Crippen LogP contribution in [0.4, 0.5) is 37.7 Å². The van der Waals surface area contributed by atoms with Crippen molar-refractivity contribution >= 4 is 66.6 Å². The van der Waals surface area contributed by atoms with Crippen LogP contribution < -0.4 is 18.1 Å². The topological polar surface area (TPSA) is 229 Å². The Bertz CT molecular complexity index is 2940. The van der Waals surface area contributed by atoms with Crippen molar-refractivity contribution in [3.8, 4) is 23.6 Å². The number of carbonyl (C=O) groups is 2. The molecule has 76 heavy (non-hydrogen) atoms. The molecule has 0 spiro atoms. The minimum absolute atomic E-state index is 0.0664. The lowest BCUT2D eigenvalue weighted by Crippen LogP contribution is -2.45. The summed E-state index contributed by atoms with van der Waals surface area (Å²) in [6.45, 7) is 13.7. The van der Waals surface area contributed by atoms with Crippen LogP contribution in [0.1, 0.15) is 93.2 Å². The van der Waals surface area contributed by atoms with E-state index in [4.69, 9.17) is 32.7 Å². The predicted molar refractivity (Wildman–Crippen MR) is 264 cm³/mol. The van der Waals surface area contributed by atoms with Crippen molar-refractivity contribution in [2.24, 2.45) is 10.8 Å². The molecular weight excluding hydrogens is 1100 g/mol. The molecule has 416 valence electrons. The van der Waals surface area contributed by atoms with E-state index in [-0.39, 0.29) is 80.0 Å². The van der Waals surface area contributed by atoms with Crippen molar-refractivity contribution in [3.63, 3.8) is 0 Å². The first-order valence-corrected chi connectivity index (χ1v) is 26.9. The molecule has 0 saturated carbocycles. The quantitative estimate of drug-likeness (QED) is 0.0751. The van der Waals surface area contributed by atoms with Gasteiger partial charge in [0.15, 0.2) is 10.3 Å². The van der Waals surface area contributed by atoms with Gasteiger partial charge in [-0.25, -0.2) is 16.8 Å². The number of halogens is 8. The molecule has 2 aromatic carbocycles. The van der Waals surface area contributed by atoms with Crippen molar-refractivity contribution < 1.29 is 71.7 Å². The molecular formula is C48H56Cl2F6N8O10S2. The first-order valence-electron chi connectivity index (χ1n) is 23.3. The number of esters is 2. The Morgan fingerprint density at radius 1 is 0.645 bits per heavy atom. The molecule has 0 amide bonds. The summed E-state index contributed by atoms with van der Waals surface area (Å²) >= 11 is 12.3. The number of rotatable bonds is 16. The number of anilines is 2. The average molecular weight is 1150 g/mol. The van der Waals surface area contributed by atoms with Gasteiger partial charge in [-0.2, -0.15) is 47.1 Å². The van der Waals surface area contributed by atoms with Gasteiger partial charge in [0.25, 0.3) is 20.0 Å². The highest BCUT2D eigenvalue weighted by Crippen LogP contribution is 2.44. The number of fused-ring (bicyclic) bond motifs is 2. The van der Waals surface area contributed by atoms with E-state index in [1.807, 2.05) is 0 Å². The summed E-state index contributed by atoms with van der Waals surface area (Å²) in [5.41, 5.74) is -6.49. The predicted octanol–water partition coefficient (Wildman–Crippen LogP) is 9.76. The Morgan fingerprint density at radius 2 is 0.974 bits per heavy atom. The summed E-state index contributed by atoms with van der Waals surface area (Å²) in [5.74, 6) is -1.96. The van der Waals surface area contributed by atoms with Crippen LogP contribution in [0.25, 0.3) is 0 Å². The number of nitriles is 2. The van der Waals surface area contributed by atoms with Crippen LogP contribution in [0, 0.1) is 33.5 Å². The smallest absolute Gasteiger partial charge is 0.427 e. The number of hydrogen-bond donors (Lipinski definition) is 0. The lowest BCUT2D eigenvalue weighted by molar-refractivity contribution is -0.257. The summed E-state index contributed by atoms with van der Waals surface area (Å²) in [6, 6.07) is 12.7. The molecule has 18 nitrogen and oxygen atoms in total. The van der Waals surface area contributed by atoms with E-state index in [0.717, 1.165) is 36.3 Å². The number of nitrogens with zero attached hydrogens (tertiary/aromatic N) is 8. The zero-order valence-electron chi connectivity index (χ0n) is 42.9. The lowest BCUT2D eigenvalue weighted by atomic mass is 9.88. The van der Waals surface area contributed by atoms with Gasteiger partial charge >= 0.3 is 24.3 Å². The van der Waals surface area contributed by atoms with Crippen LogP contribution in [-0.2, 0) is 65.0 Å². The van der Waals surface area contributed by atoms with Gasteiger partial charge in [-0.05, 0) is 105 Å². The Morgan fingerprint density at radius 3 is 1.25 bits per heavy atom. The number of benzene rings is 2. The average Bonchev–Trinajstić information content (AvgIpc) is 3.89. The maximum absolute atomic E-state index is 13.8. The standard InChI is InChI=1S/2C24H28ClF3N4O5S/c2*1-6-31-13-19(21(25)30-31)38(34,35)32-12-16(11-22(2,3)14-29)36-18-8-7-15(9-17(18)32)10-20(33)37-23(4,5)24(26,27)28/h2*7-9,13,16H,6,10-12H2,1-5H3/t2*16-/m10/s1. The summed E-state index contributed by atoms with van der Waals surface area (Å²) in [6.07, 6.45) is -9.03. The molecule has 0 saturated heterocycles. The molecule has 28 heteroatoms. The van der Waals surface area contributed by atoms with Gasteiger partial charge in [-0.3, -0.25) is 27.6 Å². The van der Waals surface area contributed by atoms with Crippen LogP contribution in [0.15, 0.2) is 58.6 Å². The number of carbonyl (C=O) groups excluding carboxylic acids is 2. The second kappa shape index (κ2) is 22.2. The maximum atomic E-state index is 13.8. The van der Waals surface area contributed by atoms with Gasteiger partial charge < -0.3 is 18.9 Å². The van der Waals surface area contributed by atoms with Crippen molar-refractivity contribution in [2.45, 2.75) is 154 Å². The van der Waals surface area contributed by atoms with Gasteiger partial charge in [-0.1, -0.05) is 35.3 Å². The van der Waals surface area contributed by atoms with Crippen molar-refractivity contribution in [1.82, 2.24) is 19.6 Å². The molecule has 0 aliphatic carbocycles. The zero-order valence-corrected chi connectivity index (χ0v) is 46.1. The maximum Gasteiger partial charge on any atom is 0.427 e. The third-order valence-electron chi connectivity index (χ3n) is 11.9. The normalized spacial score (nSPS) is 16.4. The summed E-state index contributed by atoms with van der Waals surface area (Å²) < 4.78 is 160. The van der Waals surface area contributed by atoms with E-state index < -0.39 is 91.4 Å². The number of sulfonamides is 2. The fourth-order valence-corrected chi connectivity index (χ4v) is 11.5. The minimum Gasteiger partial charge on any atom is -0.486 e. The molecule has 2 aliphatic rings. The first-order chi connectivity index (χ1) is 34.8. The molecule has 0 N–H and O–H groups in total. The van der Waals surface area contributed by atoms with Gasteiger partial charge in [0.05, 0.1) is 60.3 Å². The second-order valence-electron chi connectivity index (χ2n) is 20.2. The SMILES string of the molecule is CCn1cc(S(=O)(=O)N2C[C@@H](CC(C)(C)C#N)Oc3ccc(CC(=O)OC(C)(C)C(F)(F)F)cc32)c(Cl)n1.CCn1cc(S(=O)(=O)N2C[C@H](CC(C)(C)C#N)Oc3ccc(CC(=O)OC(C)(C)C(F)(F)F)cc32)c(Cl)n1. The van der Waals surface area contributed by atoms with E-state index in [2.05, 4.69) is 31.8 Å². The molecule has 0 radical (unpaired) electrons. The Balaban J connectivity index is 0.000000281. The lowest BCUT2D eigenvalue weighted by Gasteiger charge is -2.37. The molecule has 2 aromatic heterocycles. The minimum atomic E-state index is -4.77. The van der Waals surface area contributed by atoms with Crippen LogP contribution in [-0.4, -0.2) is 97.2 Å². The highest BCUT2D eigenvalue weighted by Gasteiger charge is 2.52. The number of aromatic nitrogens is 4. The Hall–Kier alpha value is -5.96. The number of ether oxygens (including phenoxy) is 4. The molecule has 2 aliphatic heterocycles. The molecule has 0 fully saturated rings. The molecule has 4 heterocycles. The molecule has 6 rings (SSSR count). The number of alkyl halides is 6. The molecule has 0 unspecified atom stereocenters. The summed E-state index contributed by atoms with van der Waals surface area (Å²) in [5, 5.41) is 26.5. The van der Waals surface area contributed by atoms with Gasteiger partial charge in [0, 0.05) is 38.3 Å². The van der Waals surface area contributed by atoms with Crippen LogP contribution in [0.2, 0.25) is 10.3 Å². The first kappa shape index (κ1) is 60.9. The summed E-state index contributed by atoms with van der Waals surface area (Å²) in [4.78, 5) is 24.1. The highest BCUT2D eigenvalue weighted by molar-refractivity contribution is 7.93. The summed E-state index contributed by atoms with van der Waals surface area (Å²) in [7, 11) is -8.59. The zero-order chi connectivity index (χ0) is 57.4. The third-order valence-corrected chi connectivity index (χ3v) is 16.3. The fourth-order valence-electron chi connectivity index (χ4n) is 7.59. The van der Waals surface area contributed by atoms with Crippen molar-refractivity contribution in [1.29, 1.82) is 10.5 Å². The second-order valence-corrected chi connectivity index (χ2v) is 24.5. The van der Waals surface area contributed by atoms with E-state index >= 15 is 0 Å². The largest absolute Gasteiger partial charge is 0.486 e. The number of hydrogen-bond acceptors (Lipinski definition) is 14. The van der Waals surface area contributed by atoms with Gasteiger partial charge in [0.1, 0.15) is 33.5 Å². The Labute approximate surface area is 446 Å². The van der Waals surface area contributed by atoms with Crippen LogP contribution >= 0.6 is 23.2 Å². The van der Waals surface area contributed by atoms with Crippen LogP contribution in [0.5, 0.6) is 11.5 Å². The van der Waals surface area contributed by atoms with E-state index in [1.165, 1.54) is 58.2 Å². The Kier molecular flexibility index (Phi) is 17.8. The van der Waals surface area contributed by atoms with Gasteiger partial charge in [0.2, 0.25) is 11.2 Å². The van der Waals surface area contributed by atoms with Gasteiger partial charge in [-0.15, -0.1) is 0 Å². The monoisotopic (exact) mass is 1150 g/mol. The molecule has 4 aromatic rings. The third kappa shape index (κ3) is 14.0. The van der Waals surface area contributed by atoms with Crippen LogP contribution in [0.3, 0.4) is 0 Å². The fraction of sp³-hybridized carbons (Fsp3) is 0.542. The highest BCUT2D eigenvalue weighted by atomic mass is 35.5. The van der Waals surface area contributed by atoms with E-state index in [9.17, 15) is 63.3 Å². The molecule has 2 atom stereocenters. The molecule has 0 bridgehead atoms.